The van der Waals surface area contributed by atoms with E-state index in [9.17, 15) is 18.4 Å². The highest BCUT2D eigenvalue weighted by atomic mass is 19.1. The van der Waals surface area contributed by atoms with E-state index >= 15 is 0 Å². The van der Waals surface area contributed by atoms with Gasteiger partial charge >= 0.3 is 6.03 Å². The fourth-order valence-electron chi connectivity index (χ4n) is 4.46. The van der Waals surface area contributed by atoms with Crippen LogP contribution in [0.2, 0.25) is 0 Å². The molecule has 0 aliphatic carbocycles. The molecular formula is C27H33F2N5O3. The molecule has 2 aliphatic rings. The summed E-state index contributed by atoms with van der Waals surface area (Å²) in [6, 6.07) is 11.1. The van der Waals surface area contributed by atoms with E-state index in [1.807, 2.05) is 6.92 Å². The van der Waals surface area contributed by atoms with Crippen LogP contribution in [0.15, 0.2) is 53.6 Å². The Morgan fingerprint density at radius 2 is 1.84 bits per heavy atom. The van der Waals surface area contributed by atoms with Gasteiger partial charge in [-0.2, -0.15) is 5.10 Å². The van der Waals surface area contributed by atoms with Crippen LogP contribution in [0.3, 0.4) is 0 Å². The summed E-state index contributed by atoms with van der Waals surface area (Å²) >= 11 is 0. The van der Waals surface area contributed by atoms with Crippen LogP contribution in [0.25, 0.3) is 0 Å². The minimum absolute atomic E-state index is 0.203. The van der Waals surface area contributed by atoms with Crippen molar-refractivity contribution in [1.29, 1.82) is 0 Å². The normalized spacial score (nSPS) is 18.0. The number of hydrogen-bond acceptors (Lipinski definition) is 5. The first-order valence-corrected chi connectivity index (χ1v) is 12.7. The highest BCUT2D eigenvalue weighted by Gasteiger charge is 2.35. The van der Waals surface area contributed by atoms with Crippen LogP contribution < -0.4 is 5.32 Å². The van der Waals surface area contributed by atoms with E-state index in [0.29, 0.717) is 49.7 Å². The molecule has 37 heavy (non-hydrogen) atoms. The van der Waals surface area contributed by atoms with Gasteiger partial charge in [-0.3, -0.25) is 9.69 Å². The van der Waals surface area contributed by atoms with Gasteiger partial charge in [-0.1, -0.05) is 37.3 Å². The number of carbonyl (C=O) groups excluding carboxylic acids is 2. The largest absolute Gasteiger partial charge is 0.379 e. The predicted octanol–water partition coefficient (Wildman–Crippen LogP) is 3.40. The molecule has 1 atom stereocenters. The quantitative estimate of drug-likeness (QED) is 0.558. The number of nitrogens with zero attached hydrogens (tertiary/aromatic N) is 4. The zero-order valence-corrected chi connectivity index (χ0v) is 21.0. The lowest BCUT2D eigenvalue weighted by atomic mass is 9.98. The van der Waals surface area contributed by atoms with Crippen LogP contribution in [0, 0.1) is 11.6 Å². The highest BCUT2D eigenvalue weighted by Crippen LogP contribution is 2.34. The van der Waals surface area contributed by atoms with E-state index in [4.69, 9.17) is 4.74 Å². The van der Waals surface area contributed by atoms with Gasteiger partial charge in [0.1, 0.15) is 18.2 Å². The van der Waals surface area contributed by atoms with Crippen molar-refractivity contribution in [3.8, 4) is 0 Å². The molecular weight excluding hydrogens is 480 g/mol. The van der Waals surface area contributed by atoms with Gasteiger partial charge in [0.05, 0.1) is 25.0 Å². The van der Waals surface area contributed by atoms with Crippen LogP contribution in [0.1, 0.15) is 36.9 Å². The van der Waals surface area contributed by atoms with Crippen molar-refractivity contribution in [2.24, 2.45) is 5.10 Å². The molecule has 2 aromatic rings. The van der Waals surface area contributed by atoms with Crippen LogP contribution in [-0.2, 0) is 9.53 Å². The maximum Gasteiger partial charge on any atom is 0.317 e. The monoisotopic (exact) mass is 513 g/mol. The summed E-state index contributed by atoms with van der Waals surface area (Å²) in [6.45, 7) is 6.03. The van der Waals surface area contributed by atoms with Gasteiger partial charge in [0.15, 0.2) is 0 Å². The summed E-state index contributed by atoms with van der Waals surface area (Å²) in [5.41, 5.74) is 1.55. The average Bonchev–Trinajstić information content (AvgIpc) is 3.36. The molecule has 1 saturated heterocycles. The second-order valence-corrected chi connectivity index (χ2v) is 9.14. The van der Waals surface area contributed by atoms with E-state index in [0.717, 1.165) is 19.5 Å². The minimum atomic E-state index is -0.673. The van der Waals surface area contributed by atoms with Gasteiger partial charge in [-0.05, 0) is 30.2 Å². The number of urea groups is 1. The van der Waals surface area contributed by atoms with Gasteiger partial charge in [0.25, 0.3) is 5.91 Å². The fourth-order valence-corrected chi connectivity index (χ4v) is 4.46. The smallest absolute Gasteiger partial charge is 0.317 e. The number of nitrogens with one attached hydrogen (secondary N) is 1. The Kier molecular flexibility index (Phi) is 9.19. The van der Waals surface area contributed by atoms with Crippen molar-refractivity contribution in [2.75, 3.05) is 52.5 Å². The molecule has 0 saturated carbocycles. The molecule has 4 rings (SSSR count). The Morgan fingerprint density at radius 1 is 1.11 bits per heavy atom. The first kappa shape index (κ1) is 26.7. The van der Waals surface area contributed by atoms with E-state index < -0.39 is 17.8 Å². The summed E-state index contributed by atoms with van der Waals surface area (Å²) < 4.78 is 33.7. The molecule has 2 heterocycles. The molecule has 198 valence electrons. The number of benzene rings is 2. The van der Waals surface area contributed by atoms with Crippen LogP contribution in [0.4, 0.5) is 13.6 Å². The molecule has 2 aromatic carbocycles. The van der Waals surface area contributed by atoms with Gasteiger partial charge in [-0.15, -0.1) is 0 Å². The lowest BCUT2D eigenvalue weighted by molar-refractivity contribution is -0.133. The fraction of sp³-hybridized carbons (Fsp3) is 0.444. The van der Waals surface area contributed by atoms with E-state index in [2.05, 4.69) is 15.3 Å². The first-order valence-electron chi connectivity index (χ1n) is 12.7. The number of carbonyl (C=O) groups is 2. The van der Waals surface area contributed by atoms with Crippen molar-refractivity contribution in [1.82, 2.24) is 20.1 Å². The molecule has 1 N–H and O–H groups in total. The lowest BCUT2D eigenvalue weighted by Crippen LogP contribution is -2.49. The Labute approximate surface area is 215 Å². The molecule has 1 fully saturated rings. The molecule has 8 nitrogen and oxygen atoms in total. The molecule has 2 aliphatic heterocycles. The second kappa shape index (κ2) is 12.7. The molecule has 0 radical (unpaired) electrons. The number of hydrogen-bond donors (Lipinski definition) is 1. The molecule has 0 aromatic heterocycles. The SMILES string of the molecule is CCCNC(=O)N(CCN1CCOCC1)CC(=O)N1N=C(c2ccc(F)cc2)C[C@@H]1c1ccccc1F. The van der Waals surface area contributed by atoms with Gasteiger partial charge in [-0.25, -0.2) is 18.6 Å². The maximum absolute atomic E-state index is 14.8. The number of hydrazone groups is 1. The zero-order valence-electron chi connectivity index (χ0n) is 21.0. The Morgan fingerprint density at radius 3 is 2.54 bits per heavy atom. The summed E-state index contributed by atoms with van der Waals surface area (Å²) in [7, 11) is 0. The Balaban J connectivity index is 1.55. The van der Waals surface area contributed by atoms with Crippen molar-refractivity contribution >= 4 is 17.6 Å². The van der Waals surface area contributed by atoms with Crippen LogP contribution in [0.5, 0.6) is 0 Å². The number of ether oxygens (including phenoxy) is 1. The van der Waals surface area contributed by atoms with E-state index in [-0.39, 0.29) is 24.8 Å². The molecule has 0 bridgehead atoms. The minimum Gasteiger partial charge on any atom is -0.379 e. The van der Waals surface area contributed by atoms with Crippen LogP contribution >= 0.6 is 0 Å². The standard InChI is InChI=1S/C27H33F2N5O3/c1-2-11-30-27(36)33(13-12-32-14-16-37-17-15-32)19-26(35)34-25(22-5-3-4-6-23(22)29)18-24(31-34)20-7-9-21(28)10-8-20/h3-10,25H,2,11-19H2,1H3,(H,30,36)/t25-/m1/s1. The third kappa shape index (κ3) is 6.90. The highest BCUT2D eigenvalue weighted by molar-refractivity contribution is 6.03. The van der Waals surface area contributed by atoms with Gasteiger partial charge in [0.2, 0.25) is 0 Å². The summed E-state index contributed by atoms with van der Waals surface area (Å²) in [4.78, 5) is 30.2. The zero-order chi connectivity index (χ0) is 26.2. The van der Waals surface area contributed by atoms with E-state index in [1.54, 1.807) is 30.3 Å². The van der Waals surface area contributed by atoms with Gasteiger partial charge in [0, 0.05) is 44.7 Å². The first-order chi connectivity index (χ1) is 18.0. The average molecular weight is 514 g/mol. The van der Waals surface area contributed by atoms with Crippen molar-refractivity contribution in [3.05, 3.63) is 71.3 Å². The molecule has 3 amide bonds. The Bertz CT molecular complexity index is 1110. The number of amides is 3. The molecule has 10 heteroatoms. The van der Waals surface area contributed by atoms with Crippen molar-refractivity contribution in [2.45, 2.75) is 25.8 Å². The third-order valence-electron chi connectivity index (χ3n) is 6.54. The topological polar surface area (TPSA) is 77.5 Å². The number of morpholine rings is 1. The lowest BCUT2D eigenvalue weighted by Gasteiger charge is -2.31. The third-order valence-corrected chi connectivity index (χ3v) is 6.54. The van der Waals surface area contributed by atoms with Crippen LogP contribution in [-0.4, -0.2) is 84.9 Å². The summed E-state index contributed by atoms with van der Waals surface area (Å²) in [5.74, 6) is -1.24. The predicted molar refractivity (Wildman–Crippen MR) is 136 cm³/mol. The molecule has 0 unspecified atom stereocenters. The summed E-state index contributed by atoms with van der Waals surface area (Å²) in [5, 5.41) is 8.66. The van der Waals surface area contributed by atoms with E-state index in [1.165, 1.54) is 28.1 Å². The maximum atomic E-state index is 14.8. The van der Waals surface area contributed by atoms with Gasteiger partial charge < -0.3 is 15.0 Å². The number of halogens is 2. The van der Waals surface area contributed by atoms with Crippen molar-refractivity contribution in [3.63, 3.8) is 0 Å². The second-order valence-electron chi connectivity index (χ2n) is 9.14. The van der Waals surface area contributed by atoms with Crippen molar-refractivity contribution < 1.29 is 23.1 Å². The Hall–Kier alpha value is -3.37. The number of rotatable bonds is 9. The molecule has 0 spiro atoms. The summed E-state index contributed by atoms with van der Waals surface area (Å²) in [6.07, 6.45) is 1.04.